The first-order chi connectivity index (χ1) is 13.3. The molecule has 0 amide bonds. The third-order valence-corrected chi connectivity index (χ3v) is 5.15. The molecule has 4 aromatic carbocycles. The molecule has 0 aliphatic rings. The van der Waals surface area contributed by atoms with Crippen molar-refractivity contribution in [2.24, 2.45) is 0 Å². The third kappa shape index (κ3) is 2.78. The summed E-state index contributed by atoms with van der Waals surface area (Å²) in [5.41, 5.74) is 5.87. The Kier molecular flexibility index (Phi) is 3.72. The molecule has 0 atom stereocenters. The highest BCUT2D eigenvalue weighted by Crippen LogP contribution is 2.36. The Balaban J connectivity index is 1.77. The lowest BCUT2D eigenvalue weighted by Crippen LogP contribution is -1.87. The molecule has 27 heavy (non-hydrogen) atoms. The first-order valence-electron chi connectivity index (χ1n) is 9.23. The molecule has 128 valence electrons. The SMILES string of the molecule is Cc1ccnc(-c2cccc(-c3cc4ccccc4c4ccccc34)c2)c1. The van der Waals surface area contributed by atoms with E-state index < -0.39 is 0 Å². The fourth-order valence-electron chi connectivity index (χ4n) is 3.83. The largest absolute Gasteiger partial charge is 0.256 e. The average Bonchev–Trinajstić information content (AvgIpc) is 2.73. The number of pyridine rings is 1. The van der Waals surface area contributed by atoms with Crippen molar-refractivity contribution in [3.63, 3.8) is 0 Å². The van der Waals surface area contributed by atoms with Gasteiger partial charge >= 0.3 is 0 Å². The number of rotatable bonds is 2. The van der Waals surface area contributed by atoms with Gasteiger partial charge in [-0.1, -0.05) is 66.7 Å². The highest BCUT2D eigenvalue weighted by molar-refractivity contribution is 6.13. The van der Waals surface area contributed by atoms with Crippen molar-refractivity contribution in [2.75, 3.05) is 0 Å². The molecule has 1 nitrogen and oxygen atoms in total. The Hall–Kier alpha value is -3.45. The minimum atomic E-state index is 1.02. The van der Waals surface area contributed by atoms with Crippen LogP contribution in [-0.2, 0) is 0 Å². The summed E-state index contributed by atoms with van der Waals surface area (Å²) in [5, 5.41) is 5.15. The van der Waals surface area contributed by atoms with Crippen molar-refractivity contribution < 1.29 is 0 Å². The van der Waals surface area contributed by atoms with Crippen molar-refractivity contribution in [1.29, 1.82) is 0 Å². The quantitative estimate of drug-likeness (QED) is 0.313. The van der Waals surface area contributed by atoms with Crippen LogP contribution in [0.5, 0.6) is 0 Å². The predicted molar refractivity (Wildman–Crippen MR) is 115 cm³/mol. The Morgan fingerprint density at radius 2 is 1.33 bits per heavy atom. The van der Waals surface area contributed by atoms with Crippen LogP contribution in [0.25, 0.3) is 43.9 Å². The molecule has 0 saturated carbocycles. The fourth-order valence-corrected chi connectivity index (χ4v) is 3.83. The van der Waals surface area contributed by atoms with Gasteiger partial charge in [0, 0.05) is 11.8 Å². The molecule has 0 fully saturated rings. The molecule has 0 bridgehead atoms. The van der Waals surface area contributed by atoms with Crippen molar-refractivity contribution >= 4 is 21.5 Å². The van der Waals surface area contributed by atoms with Crippen LogP contribution >= 0.6 is 0 Å². The zero-order chi connectivity index (χ0) is 18.2. The molecule has 1 aromatic heterocycles. The zero-order valence-electron chi connectivity index (χ0n) is 15.2. The zero-order valence-corrected chi connectivity index (χ0v) is 15.2. The van der Waals surface area contributed by atoms with E-state index in [2.05, 4.69) is 96.8 Å². The van der Waals surface area contributed by atoms with Crippen LogP contribution in [0.4, 0.5) is 0 Å². The number of hydrogen-bond donors (Lipinski definition) is 0. The number of aromatic nitrogens is 1. The molecule has 5 aromatic rings. The maximum atomic E-state index is 4.56. The lowest BCUT2D eigenvalue weighted by molar-refractivity contribution is 1.29. The number of hydrogen-bond acceptors (Lipinski definition) is 1. The average molecular weight is 345 g/mol. The molecule has 0 aliphatic carbocycles. The highest BCUT2D eigenvalue weighted by Gasteiger charge is 2.09. The molecule has 0 spiro atoms. The minimum Gasteiger partial charge on any atom is -0.256 e. The lowest BCUT2D eigenvalue weighted by atomic mass is 9.92. The number of fused-ring (bicyclic) bond motifs is 3. The maximum Gasteiger partial charge on any atom is 0.0704 e. The summed E-state index contributed by atoms with van der Waals surface area (Å²) in [6.07, 6.45) is 1.88. The Labute approximate surface area is 158 Å². The van der Waals surface area contributed by atoms with Gasteiger partial charge in [-0.15, -0.1) is 0 Å². The standard InChI is InChI=1S/C26H19N/c1-18-13-14-27-26(15-18)21-9-6-8-19(16-21)25-17-20-7-2-3-10-22(20)23-11-4-5-12-24(23)25/h2-17H,1H3. The van der Waals surface area contributed by atoms with Crippen molar-refractivity contribution in [2.45, 2.75) is 6.92 Å². The second-order valence-electron chi connectivity index (χ2n) is 6.99. The van der Waals surface area contributed by atoms with Gasteiger partial charge in [-0.25, -0.2) is 0 Å². The van der Waals surface area contributed by atoms with Crippen LogP contribution in [0.15, 0.2) is 97.2 Å². The van der Waals surface area contributed by atoms with Gasteiger partial charge in [0.25, 0.3) is 0 Å². The van der Waals surface area contributed by atoms with E-state index in [1.807, 2.05) is 12.3 Å². The molecule has 0 radical (unpaired) electrons. The number of nitrogens with zero attached hydrogens (tertiary/aromatic N) is 1. The van der Waals surface area contributed by atoms with Crippen molar-refractivity contribution in [3.8, 4) is 22.4 Å². The summed E-state index contributed by atoms with van der Waals surface area (Å²) < 4.78 is 0. The van der Waals surface area contributed by atoms with Gasteiger partial charge < -0.3 is 0 Å². The molecule has 0 aliphatic heterocycles. The first kappa shape index (κ1) is 15.8. The minimum absolute atomic E-state index is 1.02. The fraction of sp³-hybridized carbons (Fsp3) is 0.0385. The summed E-state index contributed by atoms with van der Waals surface area (Å²) in [5.74, 6) is 0. The normalized spacial score (nSPS) is 11.1. The second kappa shape index (κ2) is 6.37. The van der Waals surface area contributed by atoms with Crippen molar-refractivity contribution in [3.05, 3.63) is 103 Å². The molecule has 0 N–H and O–H groups in total. The van der Waals surface area contributed by atoms with Crippen molar-refractivity contribution in [1.82, 2.24) is 4.98 Å². The predicted octanol–water partition coefficient (Wildman–Crippen LogP) is 7.03. The number of benzene rings is 4. The summed E-state index contributed by atoms with van der Waals surface area (Å²) >= 11 is 0. The molecule has 5 rings (SSSR count). The van der Waals surface area contributed by atoms with Gasteiger partial charge in [-0.05, 0) is 69.4 Å². The van der Waals surface area contributed by atoms with E-state index in [0.717, 1.165) is 11.3 Å². The van der Waals surface area contributed by atoms with E-state index in [1.54, 1.807) is 0 Å². The topological polar surface area (TPSA) is 12.9 Å². The van der Waals surface area contributed by atoms with Crippen LogP contribution in [0.3, 0.4) is 0 Å². The van der Waals surface area contributed by atoms with E-state index in [-0.39, 0.29) is 0 Å². The first-order valence-corrected chi connectivity index (χ1v) is 9.23. The van der Waals surface area contributed by atoms with Crippen LogP contribution in [-0.4, -0.2) is 4.98 Å². The van der Waals surface area contributed by atoms with E-state index in [1.165, 1.54) is 38.2 Å². The lowest BCUT2D eigenvalue weighted by Gasteiger charge is -2.12. The Morgan fingerprint density at radius 3 is 2.19 bits per heavy atom. The van der Waals surface area contributed by atoms with Crippen LogP contribution in [0, 0.1) is 6.92 Å². The molecule has 0 unspecified atom stereocenters. The molecule has 0 saturated heterocycles. The monoisotopic (exact) mass is 345 g/mol. The van der Waals surface area contributed by atoms with Crippen LogP contribution in [0.1, 0.15) is 5.56 Å². The summed E-state index contributed by atoms with van der Waals surface area (Å²) in [7, 11) is 0. The molecule has 1 heteroatoms. The van der Waals surface area contributed by atoms with Gasteiger partial charge in [0.2, 0.25) is 0 Å². The van der Waals surface area contributed by atoms with Gasteiger partial charge in [0.05, 0.1) is 5.69 Å². The number of aryl methyl sites for hydroxylation is 1. The smallest absolute Gasteiger partial charge is 0.0704 e. The second-order valence-corrected chi connectivity index (χ2v) is 6.99. The van der Waals surface area contributed by atoms with Gasteiger partial charge in [0.1, 0.15) is 0 Å². The molecular weight excluding hydrogens is 326 g/mol. The summed E-state index contributed by atoms with van der Waals surface area (Å²) in [6, 6.07) is 32.4. The summed E-state index contributed by atoms with van der Waals surface area (Å²) in [6.45, 7) is 2.10. The summed E-state index contributed by atoms with van der Waals surface area (Å²) in [4.78, 5) is 4.56. The Bertz CT molecular complexity index is 1280. The maximum absolute atomic E-state index is 4.56. The van der Waals surface area contributed by atoms with Gasteiger partial charge in [-0.3, -0.25) is 4.98 Å². The van der Waals surface area contributed by atoms with Crippen LogP contribution < -0.4 is 0 Å². The van der Waals surface area contributed by atoms with Gasteiger partial charge in [0.15, 0.2) is 0 Å². The van der Waals surface area contributed by atoms with Crippen LogP contribution in [0.2, 0.25) is 0 Å². The van der Waals surface area contributed by atoms with E-state index in [9.17, 15) is 0 Å². The van der Waals surface area contributed by atoms with E-state index in [4.69, 9.17) is 0 Å². The Morgan fingerprint density at radius 1 is 0.593 bits per heavy atom. The third-order valence-electron chi connectivity index (χ3n) is 5.15. The molecule has 1 heterocycles. The van der Waals surface area contributed by atoms with E-state index in [0.29, 0.717) is 0 Å². The van der Waals surface area contributed by atoms with E-state index >= 15 is 0 Å². The molecular formula is C26H19N. The van der Waals surface area contributed by atoms with Gasteiger partial charge in [-0.2, -0.15) is 0 Å². The highest BCUT2D eigenvalue weighted by atomic mass is 14.7.